The Morgan fingerprint density at radius 1 is 0.228 bits per heavy atom. The van der Waals surface area contributed by atoms with E-state index in [2.05, 4.69) is 456 Å². The van der Waals surface area contributed by atoms with Gasteiger partial charge in [-0.1, -0.05) is 494 Å². The first kappa shape index (κ1) is 117. The van der Waals surface area contributed by atoms with Crippen LogP contribution >= 0.6 is 11.8 Å². The fourth-order valence-electron chi connectivity index (χ4n) is 11.5. The van der Waals surface area contributed by atoms with Crippen molar-refractivity contribution in [2.24, 2.45) is 0 Å². The fraction of sp³-hybridized carbons (Fsp3) is 0.258. The molecule has 0 aliphatic rings. The van der Waals surface area contributed by atoms with E-state index in [1.54, 1.807) is 11.8 Å². The Morgan fingerprint density at radius 2 is 0.415 bits per heavy atom. The Hall–Kier alpha value is -10.2. The maximum atomic E-state index is 5.69. The third-order valence-electron chi connectivity index (χ3n) is 18.9. The zero-order valence-electron chi connectivity index (χ0n) is 74.8. The van der Waals surface area contributed by atoms with Crippen LogP contribution in [0.5, 0.6) is 11.5 Å². The molecule has 3 heteroatoms. The van der Waals surface area contributed by atoms with Gasteiger partial charge in [0, 0.05) is 47.9 Å². The van der Waals surface area contributed by atoms with Crippen LogP contribution in [0.15, 0.2) is 362 Å². The molecule has 123 heavy (non-hydrogen) atoms. The summed E-state index contributed by atoms with van der Waals surface area (Å²) in [6, 6.07) is 124. The first-order valence-corrected chi connectivity index (χ1v) is 41.4. The van der Waals surface area contributed by atoms with Crippen LogP contribution in [0, 0.1) is 132 Å². The molecule has 15 rings (SSSR count). The van der Waals surface area contributed by atoms with Gasteiger partial charge in [-0.3, -0.25) is 0 Å². The number of benzene rings is 15. The molecule has 0 heterocycles. The fourth-order valence-corrected chi connectivity index (χ4v) is 12.3. The van der Waals surface area contributed by atoms with E-state index in [-0.39, 0.29) is 90.1 Å². The third kappa shape index (κ3) is 46.8. The molecule has 0 unspecified atom stereocenters. The monoisotopic (exact) mass is 1730 g/mol. The van der Waals surface area contributed by atoms with Gasteiger partial charge in [-0.25, -0.2) is 0 Å². The second kappa shape index (κ2) is 62.8. The van der Waals surface area contributed by atoms with E-state index >= 15 is 0 Å². The summed E-state index contributed by atoms with van der Waals surface area (Å²) in [5.41, 5.74) is 31.8. The summed E-state index contributed by atoms with van der Waals surface area (Å²) in [6.45, 7) is 46.7. The van der Waals surface area contributed by atoms with Crippen molar-refractivity contribution in [3.8, 4) is 22.6 Å². The normalized spacial score (nSPS) is 9.45. The molecule has 0 aromatic heterocycles. The molecule has 0 amide bonds. The van der Waals surface area contributed by atoms with Crippen molar-refractivity contribution in [2.75, 3.05) is 0 Å². The molecule has 15 aromatic rings. The van der Waals surface area contributed by atoms with Crippen molar-refractivity contribution >= 4 is 22.5 Å². The maximum absolute atomic E-state index is 5.69. The van der Waals surface area contributed by atoms with Gasteiger partial charge in [0.25, 0.3) is 0 Å². The first-order valence-electron chi connectivity index (χ1n) is 40.6. The van der Waals surface area contributed by atoms with Gasteiger partial charge in [0.2, 0.25) is 0 Å². The molecule has 0 atom stereocenters. The third-order valence-corrected chi connectivity index (χ3v) is 20.0. The Bertz CT molecular complexity index is 4600. The Kier molecular flexibility index (Phi) is 59.8. The minimum Gasteiger partial charge on any atom is -0.457 e. The minimum absolute atomic E-state index is 0. The predicted octanol–water partition coefficient (Wildman–Crippen LogP) is 37.1. The number of rotatable bonds is 9. The molecule has 0 fully saturated rings. The summed E-state index contributed by atoms with van der Waals surface area (Å²) in [4.78, 5) is 2.59. The molecule has 0 spiro atoms. The van der Waals surface area contributed by atoms with E-state index in [4.69, 9.17) is 4.74 Å². The van der Waals surface area contributed by atoms with Gasteiger partial charge in [0.15, 0.2) is 0 Å². The standard InChI is InChI=1S/C17H20.C15H16.C14H14O.C14H14S.C14H14.C12H12.3C8H10.C3H8.6CH4.CH3.Y/c1-13-5-9-15(10-6-13)17(3,4)16-11-7-14(2)8-12-16;1-12-3-7-14(8-4-12)11-15-9-5-13(2)6-10-15;2*1-11-3-7-13(8-4-11)15-14-9-5-12(2)6-10-14;1-11-3-7-13(8-4-11)14-9-5-12(2)6-10-14;1-9-3-5-12-8-10(2)4-6-11(12)7-9;2*1-7-3-5-8(2)6-4-7;1-7-4-3-5-8(2)6-7;1-3-2;;;;;;;;/h5-12H,1-4H3;3-10H,11H2,1-2H3;2*3-10H,1-2H3;3-10H,1-2H3;3-8H,1-2H3;3*3-6H,1-2H3;3H2,1-2H3;6*1H4;1H3;/q;;;;;;;;;;;;;;;;-1;. The number of hydrogen-bond donors (Lipinski definition) is 0. The first-order chi connectivity index (χ1) is 55.0. The minimum atomic E-state index is 0. The van der Waals surface area contributed by atoms with E-state index in [0.29, 0.717) is 0 Å². The SMILES string of the molecule is C.C.C.C.C.C.CCC.Cc1ccc(-c2ccc(C)cc2)cc1.Cc1ccc(C(C)(C)c2ccc(C)cc2)cc1.Cc1ccc(C)cc1.Cc1ccc(C)cc1.Cc1ccc(Cc2ccc(C)cc2)cc1.Cc1ccc(Oc2ccc(C)cc2)cc1.Cc1ccc(Sc2ccc(C)cc2)cc1.Cc1ccc2cc(C)ccc2c1.Cc1cccc(C)c1.[CH3-].[Y]. The van der Waals surface area contributed by atoms with Crippen LogP contribution in [-0.2, 0) is 44.5 Å². The number of aryl methyl sites for hydroxylation is 18. The largest absolute Gasteiger partial charge is 0.457 e. The topological polar surface area (TPSA) is 9.23 Å². The molecule has 1 nitrogen and oxygen atoms in total. The number of fused-ring (bicyclic) bond motifs is 1. The van der Waals surface area contributed by atoms with Crippen LogP contribution in [-0.4, -0.2) is 0 Å². The van der Waals surface area contributed by atoms with Crippen LogP contribution in [0.1, 0.15) is 201 Å². The Balaban J connectivity index is -0.00000131. The quantitative estimate of drug-likeness (QED) is 0.133. The van der Waals surface area contributed by atoms with Gasteiger partial charge < -0.3 is 12.2 Å². The number of ether oxygens (including phenoxy) is 1. The maximum Gasteiger partial charge on any atom is 0.127 e. The second-order valence-electron chi connectivity index (χ2n) is 31.2. The summed E-state index contributed by atoms with van der Waals surface area (Å²) in [7, 11) is 0. The van der Waals surface area contributed by atoms with Gasteiger partial charge in [0.05, 0.1) is 0 Å². The van der Waals surface area contributed by atoms with E-state index in [0.717, 1.165) is 17.9 Å². The Morgan fingerprint density at radius 3 is 0.642 bits per heavy atom. The molecule has 0 N–H and O–H groups in total. The molecule has 0 aliphatic carbocycles. The van der Waals surface area contributed by atoms with Crippen molar-refractivity contribution in [2.45, 2.75) is 225 Å². The van der Waals surface area contributed by atoms with Crippen LogP contribution in [0.25, 0.3) is 21.9 Å². The zero-order chi connectivity index (χ0) is 83.7. The molecular weight excluding hydrogens is 1580 g/mol. The van der Waals surface area contributed by atoms with Gasteiger partial charge in [-0.2, -0.15) is 0 Å². The summed E-state index contributed by atoms with van der Waals surface area (Å²) in [6.07, 6.45) is 2.28. The molecule has 0 aliphatic heterocycles. The van der Waals surface area contributed by atoms with E-state index in [1.807, 2.05) is 48.5 Å². The van der Waals surface area contributed by atoms with Gasteiger partial charge in [-0.15, -0.1) is 0 Å². The Labute approximate surface area is 782 Å². The molecule has 0 saturated heterocycles. The number of hydrogen-bond acceptors (Lipinski definition) is 2. The molecule has 0 saturated carbocycles. The second-order valence-corrected chi connectivity index (χ2v) is 32.4. The molecule has 651 valence electrons. The van der Waals surface area contributed by atoms with Crippen molar-refractivity contribution in [3.05, 3.63) is 482 Å². The summed E-state index contributed by atoms with van der Waals surface area (Å²) in [5, 5.41) is 2.67. The predicted molar refractivity (Wildman–Crippen MR) is 554 cm³/mol. The van der Waals surface area contributed by atoms with E-state index < -0.39 is 0 Å². The van der Waals surface area contributed by atoms with Crippen molar-refractivity contribution in [1.82, 2.24) is 0 Å². The summed E-state index contributed by atoms with van der Waals surface area (Å²) >= 11 is 1.80. The molecule has 15 aromatic carbocycles. The summed E-state index contributed by atoms with van der Waals surface area (Å²) in [5.74, 6) is 1.76. The van der Waals surface area contributed by atoms with Crippen molar-refractivity contribution in [1.29, 1.82) is 0 Å². The average Bonchev–Trinajstić information content (AvgIpc) is 0.796. The van der Waals surface area contributed by atoms with Crippen molar-refractivity contribution < 1.29 is 37.4 Å². The average molecular weight is 1730 g/mol. The van der Waals surface area contributed by atoms with E-state index in [9.17, 15) is 0 Å². The van der Waals surface area contributed by atoms with Crippen LogP contribution in [0.4, 0.5) is 0 Å². The van der Waals surface area contributed by atoms with Crippen LogP contribution in [0.3, 0.4) is 0 Å². The summed E-state index contributed by atoms with van der Waals surface area (Å²) < 4.78 is 5.69. The van der Waals surface area contributed by atoms with Crippen molar-refractivity contribution in [3.63, 3.8) is 0 Å². The molecular formula is C120H155OSY-. The van der Waals surface area contributed by atoms with Crippen LogP contribution in [0.2, 0.25) is 0 Å². The molecule has 1 radical (unpaired) electrons. The van der Waals surface area contributed by atoms with Gasteiger partial charge in [-0.05, 0) is 224 Å². The smallest absolute Gasteiger partial charge is 0.127 e. The molecule has 0 bridgehead atoms. The van der Waals surface area contributed by atoms with Crippen LogP contribution < -0.4 is 4.74 Å². The van der Waals surface area contributed by atoms with Gasteiger partial charge >= 0.3 is 0 Å². The zero-order valence-corrected chi connectivity index (χ0v) is 78.4. The van der Waals surface area contributed by atoms with Gasteiger partial charge in [0.1, 0.15) is 11.5 Å². The van der Waals surface area contributed by atoms with E-state index in [1.165, 1.54) is 161 Å².